The molecule has 0 aliphatic carbocycles. The van der Waals surface area contributed by atoms with Gasteiger partial charge in [0, 0.05) is 0 Å². The normalized spacial score (nSPS) is 11.7. The van der Waals surface area contributed by atoms with Crippen LogP contribution in [0.15, 0.2) is 18.2 Å². The average molecular weight is 187 g/mol. The summed E-state index contributed by atoms with van der Waals surface area (Å²) in [6.07, 6.45) is 0. The highest BCUT2D eigenvalue weighted by molar-refractivity contribution is 6.29. The van der Waals surface area contributed by atoms with Crippen molar-refractivity contribution >= 4 is 11.6 Å². The van der Waals surface area contributed by atoms with E-state index >= 15 is 0 Å². The van der Waals surface area contributed by atoms with E-state index in [9.17, 15) is 0 Å². The molecule has 0 amide bonds. The van der Waals surface area contributed by atoms with Crippen LogP contribution in [0.5, 0.6) is 0 Å². The Morgan fingerprint density at radius 1 is 1.50 bits per heavy atom. The van der Waals surface area contributed by atoms with Crippen LogP contribution in [0, 0.1) is 0 Å². The molecule has 0 aromatic carbocycles. The zero-order chi connectivity index (χ0) is 9.19. The van der Waals surface area contributed by atoms with E-state index in [1.165, 1.54) is 0 Å². The molecule has 0 saturated heterocycles. The molecule has 4 heteroatoms. The van der Waals surface area contributed by atoms with Gasteiger partial charge in [0.1, 0.15) is 10.8 Å². The lowest BCUT2D eigenvalue weighted by molar-refractivity contribution is -0.0268. The standard InChI is InChI=1S/C8H11ClN2O/c1-8(2,12-10)6-4-3-5-7(9)11-6/h3-5H,10H2,1-2H3. The summed E-state index contributed by atoms with van der Waals surface area (Å²) in [5, 5.41) is 0.442. The molecule has 0 aliphatic rings. The third-order valence-corrected chi connectivity index (χ3v) is 1.84. The van der Waals surface area contributed by atoms with Crippen molar-refractivity contribution in [3.05, 3.63) is 29.0 Å². The molecule has 3 nitrogen and oxygen atoms in total. The summed E-state index contributed by atoms with van der Waals surface area (Å²) in [7, 11) is 0. The molecule has 12 heavy (non-hydrogen) atoms. The Balaban J connectivity index is 3.03. The maximum absolute atomic E-state index is 5.70. The highest BCUT2D eigenvalue weighted by Crippen LogP contribution is 2.21. The van der Waals surface area contributed by atoms with Crippen LogP contribution in [0.25, 0.3) is 0 Å². The van der Waals surface area contributed by atoms with Gasteiger partial charge in [0.05, 0.1) is 5.69 Å². The smallest absolute Gasteiger partial charge is 0.129 e. The topological polar surface area (TPSA) is 48.1 Å². The highest BCUT2D eigenvalue weighted by atomic mass is 35.5. The Morgan fingerprint density at radius 3 is 2.67 bits per heavy atom. The number of nitrogens with two attached hydrogens (primary N) is 1. The van der Waals surface area contributed by atoms with Crippen molar-refractivity contribution in [2.24, 2.45) is 5.90 Å². The first-order valence-electron chi connectivity index (χ1n) is 3.57. The minimum absolute atomic E-state index is 0.442. The summed E-state index contributed by atoms with van der Waals surface area (Å²) in [4.78, 5) is 8.83. The van der Waals surface area contributed by atoms with Crippen LogP contribution >= 0.6 is 11.6 Å². The minimum Gasteiger partial charge on any atom is -0.292 e. The minimum atomic E-state index is -0.592. The van der Waals surface area contributed by atoms with Crippen LogP contribution in [0.1, 0.15) is 19.5 Å². The van der Waals surface area contributed by atoms with Gasteiger partial charge in [-0.05, 0) is 26.0 Å². The van der Waals surface area contributed by atoms with Gasteiger partial charge in [-0.15, -0.1) is 0 Å². The molecule has 1 heterocycles. The summed E-state index contributed by atoms with van der Waals surface area (Å²) in [5.41, 5.74) is 0.128. The van der Waals surface area contributed by atoms with Gasteiger partial charge in [-0.1, -0.05) is 17.7 Å². The van der Waals surface area contributed by atoms with Gasteiger partial charge in [-0.2, -0.15) is 0 Å². The quantitative estimate of drug-likeness (QED) is 0.567. The number of rotatable bonds is 2. The van der Waals surface area contributed by atoms with E-state index in [0.29, 0.717) is 5.15 Å². The van der Waals surface area contributed by atoms with E-state index < -0.39 is 5.60 Å². The lowest BCUT2D eigenvalue weighted by Gasteiger charge is -2.20. The van der Waals surface area contributed by atoms with Gasteiger partial charge >= 0.3 is 0 Å². The average Bonchev–Trinajstić information content (AvgIpc) is 2.05. The van der Waals surface area contributed by atoms with Crippen LogP contribution in [-0.4, -0.2) is 4.98 Å². The first-order valence-corrected chi connectivity index (χ1v) is 3.95. The van der Waals surface area contributed by atoms with Crippen molar-refractivity contribution in [1.29, 1.82) is 0 Å². The van der Waals surface area contributed by atoms with Crippen molar-refractivity contribution in [1.82, 2.24) is 4.98 Å². The summed E-state index contributed by atoms with van der Waals surface area (Å²) < 4.78 is 0. The van der Waals surface area contributed by atoms with Crippen LogP contribution < -0.4 is 5.90 Å². The fraction of sp³-hybridized carbons (Fsp3) is 0.375. The van der Waals surface area contributed by atoms with Crippen LogP contribution in [0.2, 0.25) is 5.15 Å². The molecule has 0 spiro atoms. The predicted octanol–water partition coefficient (Wildman–Crippen LogP) is 1.86. The van der Waals surface area contributed by atoms with Gasteiger partial charge in [-0.3, -0.25) is 4.84 Å². The molecule has 1 rings (SSSR count). The maximum Gasteiger partial charge on any atom is 0.129 e. The molecule has 0 unspecified atom stereocenters. The third-order valence-electron chi connectivity index (χ3n) is 1.63. The Morgan fingerprint density at radius 2 is 2.17 bits per heavy atom. The van der Waals surface area contributed by atoms with Crippen LogP contribution in [0.4, 0.5) is 0 Å². The van der Waals surface area contributed by atoms with Crippen molar-refractivity contribution in [2.45, 2.75) is 19.4 Å². The second-order valence-corrected chi connectivity index (χ2v) is 3.36. The van der Waals surface area contributed by atoms with E-state index in [2.05, 4.69) is 4.98 Å². The monoisotopic (exact) mass is 186 g/mol. The van der Waals surface area contributed by atoms with Crippen LogP contribution in [0.3, 0.4) is 0 Å². The molecule has 0 bridgehead atoms. The molecular weight excluding hydrogens is 176 g/mol. The van der Waals surface area contributed by atoms with Crippen molar-refractivity contribution in [3.8, 4) is 0 Å². The molecule has 0 atom stereocenters. The zero-order valence-corrected chi connectivity index (χ0v) is 7.80. The summed E-state index contributed by atoms with van der Waals surface area (Å²) in [6.45, 7) is 3.65. The largest absolute Gasteiger partial charge is 0.292 e. The number of nitrogens with zero attached hydrogens (tertiary/aromatic N) is 1. The predicted molar refractivity (Wildman–Crippen MR) is 47.5 cm³/mol. The SMILES string of the molecule is CC(C)(ON)c1cccc(Cl)n1. The molecule has 1 aromatic heterocycles. The van der Waals surface area contributed by atoms with Crippen LogP contribution in [-0.2, 0) is 10.4 Å². The highest BCUT2D eigenvalue weighted by Gasteiger charge is 2.21. The van der Waals surface area contributed by atoms with Gasteiger partial charge in [0.15, 0.2) is 0 Å². The molecule has 1 aromatic rings. The fourth-order valence-electron chi connectivity index (χ4n) is 0.804. The molecule has 0 saturated carbocycles. The Labute approximate surface area is 76.5 Å². The fourth-order valence-corrected chi connectivity index (χ4v) is 0.968. The first-order chi connectivity index (χ1) is 5.56. The molecule has 0 aliphatic heterocycles. The van der Waals surface area contributed by atoms with Crippen molar-refractivity contribution < 1.29 is 4.84 Å². The zero-order valence-electron chi connectivity index (χ0n) is 7.04. The molecular formula is C8H11ClN2O. The summed E-state index contributed by atoms with van der Waals surface area (Å²) in [5.74, 6) is 5.11. The first kappa shape index (κ1) is 9.45. The summed E-state index contributed by atoms with van der Waals surface area (Å²) >= 11 is 5.70. The molecule has 2 N–H and O–H groups in total. The number of hydrogen-bond donors (Lipinski definition) is 1. The van der Waals surface area contributed by atoms with E-state index in [1.54, 1.807) is 6.07 Å². The van der Waals surface area contributed by atoms with E-state index in [4.69, 9.17) is 22.3 Å². The number of halogens is 1. The van der Waals surface area contributed by atoms with Gasteiger partial charge in [0.25, 0.3) is 0 Å². The number of hydrogen-bond acceptors (Lipinski definition) is 3. The Bertz CT molecular complexity index is 276. The van der Waals surface area contributed by atoms with Gasteiger partial charge in [0.2, 0.25) is 0 Å². The second-order valence-electron chi connectivity index (χ2n) is 2.97. The van der Waals surface area contributed by atoms with Crippen molar-refractivity contribution in [3.63, 3.8) is 0 Å². The number of aromatic nitrogens is 1. The lowest BCUT2D eigenvalue weighted by atomic mass is 10.1. The summed E-state index contributed by atoms with van der Waals surface area (Å²) in [6, 6.07) is 5.34. The molecule has 0 radical (unpaired) electrons. The Kier molecular flexibility index (Phi) is 2.67. The van der Waals surface area contributed by atoms with Crippen molar-refractivity contribution in [2.75, 3.05) is 0 Å². The number of pyridine rings is 1. The van der Waals surface area contributed by atoms with E-state index in [1.807, 2.05) is 26.0 Å². The van der Waals surface area contributed by atoms with E-state index in [-0.39, 0.29) is 0 Å². The maximum atomic E-state index is 5.70. The lowest BCUT2D eigenvalue weighted by Crippen LogP contribution is -2.26. The molecule has 0 fully saturated rings. The Hall–Kier alpha value is -0.640. The molecule has 66 valence electrons. The van der Waals surface area contributed by atoms with Gasteiger partial charge < -0.3 is 0 Å². The second kappa shape index (κ2) is 3.39. The third kappa shape index (κ3) is 1.94. The van der Waals surface area contributed by atoms with E-state index in [0.717, 1.165) is 5.69 Å². The van der Waals surface area contributed by atoms with Gasteiger partial charge in [-0.25, -0.2) is 10.9 Å².